The molecule has 0 N–H and O–H groups in total. The molecule has 3 aliphatic heterocycles. The van der Waals surface area contributed by atoms with Crippen LogP contribution in [0.15, 0.2) is 24.3 Å². The van der Waals surface area contributed by atoms with Gasteiger partial charge in [0.1, 0.15) is 6.10 Å². The van der Waals surface area contributed by atoms with Crippen LogP contribution in [0.4, 0.5) is 0 Å². The number of esters is 1. The molecule has 0 spiro atoms. The molecule has 0 radical (unpaired) electrons. The first-order valence-electron chi connectivity index (χ1n) is 4.93. The van der Waals surface area contributed by atoms with Crippen molar-refractivity contribution >= 4 is 5.97 Å². The van der Waals surface area contributed by atoms with Gasteiger partial charge < -0.3 is 4.74 Å². The Kier molecular flexibility index (Phi) is 0.859. The number of carbonyl (C=O) groups excluding carboxylic acids is 1. The third-order valence-electron chi connectivity index (χ3n) is 4.13. The first kappa shape index (κ1) is 6.41. The average Bonchev–Trinajstić information content (AvgIpc) is 2.38. The molecule has 0 aromatic rings. The van der Waals surface area contributed by atoms with E-state index in [4.69, 9.17) is 4.74 Å². The lowest BCUT2D eigenvalue weighted by Gasteiger charge is -2.47. The molecule has 6 bridgehead atoms. The van der Waals surface area contributed by atoms with Crippen molar-refractivity contribution in [1.29, 1.82) is 0 Å². The van der Waals surface area contributed by atoms with E-state index in [1.807, 2.05) is 0 Å². The predicted molar refractivity (Wildman–Crippen MR) is 45.6 cm³/mol. The van der Waals surface area contributed by atoms with Gasteiger partial charge in [-0.25, -0.2) is 0 Å². The Morgan fingerprint density at radius 1 is 1.00 bits per heavy atom. The number of hydrogen-bond donors (Lipinski definition) is 0. The summed E-state index contributed by atoms with van der Waals surface area (Å²) in [5.41, 5.74) is 0. The molecule has 0 amide bonds. The molecule has 1 saturated carbocycles. The monoisotopic (exact) mass is 174 g/mol. The first-order chi connectivity index (χ1) is 6.36. The van der Waals surface area contributed by atoms with E-state index in [1.165, 1.54) is 0 Å². The molecule has 2 heteroatoms. The van der Waals surface area contributed by atoms with E-state index >= 15 is 0 Å². The van der Waals surface area contributed by atoms with Crippen LogP contribution in [-0.4, -0.2) is 12.1 Å². The Labute approximate surface area is 76.3 Å². The zero-order valence-corrected chi connectivity index (χ0v) is 7.09. The minimum atomic E-state index is 0.00287. The largest absolute Gasteiger partial charge is 0.461 e. The van der Waals surface area contributed by atoms with Gasteiger partial charge in [0.2, 0.25) is 0 Å². The van der Waals surface area contributed by atoms with Crippen molar-refractivity contribution in [2.24, 2.45) is 29.6 Å². The molecule has 13 heavy (non-hydrogen) atoms. The molecule has 2 saturated heterocycles. The molecule has 6 atom stereocenters. The average molecular weight is 174 g/mol. The van der Waals surface area contributed by atoms with Crippen molar-refractivity contribution in [3.63, 3.8) is 0 Å². The van der Waals surface area contributed by atoms with Gasteiger partial charge in [0.05, 0.1) is 5.92 Å². The fourth-order valence-electron chi connectivity index (χ4n) is 3.52. The van der Waals surface area contributed by atoms with Gasteiger partial charge in [-0.3, -0.25) is 4.79 Å². The minimum absolute atomic E-state index is 0.00287. The summed E-state index contributed by atoms with van der Waals surface area (Å²) in [6.45, 7) is 0. The molecule has 3 aliphatic carbocycles. The standard InChI is InChI=1S/C11H10O2/c12-11-6-2-4-8-9-5(6)1-3-7(9)10(8)13-11/h1-10H. The van der Waals surface area contributed by atoms with Crippen LogP contribution < -0.4 is 0 Å². The summed E-state index contributed by atoms with van der Waals surface area (Å²) in [6.07, 6.45) is 8.91. The maximum atomic E-state index is 11.6. The Morgan fingerprint density at radius 3 is 2.54 bits per heavy atom. The molecule has 6 rings (SSSR count). The number of ether oxygens (including phenoxy) is 1. The second-order valence-electron chi connectivity index (χ2n) is 4.51. The number of rotatable bonds is 0. The molecule has 0 aromatic carbocycles. The van der Waals surface area contributed by atoms with Gasteiger partial charge in [-0.05, 0) is 11.8 Å². The zero-order valence-electron chi connectivity index (χ0n) is 7.09. The number of carbonyl (C=O) groups is 1. The summed E-state index contributed by atoms with van der Waals surface area (Å²) >= 11 is 0. The quantitative estimate of drug-likeness (QED) is 0.406. The SMILES string of the molecule is O=C1OC2C3C=CC1C1C=CC2C13. The van der Waals surface area contributed by atoms with E-state index in [1.54, 1.807) is 0 Å². The maximum Gasteiger partial charge on any atom is 0.313 e. The lowest BCUT2D eigenvalue weighted by Crippen LogP contribution is -2.50. The molecule has 3 heterocycles. The van der Waals surface area contributed by atoms with Crippen LogP contribution in [0.5, 0.6) is 0 Å². The maximum absolute atomic E-state index is 11.6. The molecule has 2 nitrogen and oxygen atoms in total. The summed E-state index contributed by atoms with van der Waals surface area (Å²) < 4.78 is 5.45. The summed E-state index contributed by atoms with van der Waals surface area (Å²) in [7, 11) is 0. The van der Waals surface area contributed by atoms with Crippen LogP contribution in [0, 0.1) is 29.6 Å². The smallest absolute Gasteiger partial charge is 0.313 e. The molecule has 66 valence electrons. The van der Waals surface area contributed by atoms with Crippen LogP contribution in [0.2, 0.25) is 0 Å². The lowest BCUT2D eigenvalue weighted by atomic mass is 9.57. The highest BCUT2D eigenvalue weighted by molar-refractivity contribution is 5.77. The van der Waals surface area contributed by atoms with Gasteiger partial charge in [0.25, 0.3) is 0 Å². The Balaban J connectivity index is 1.96. The normalized spacial score (nSPS) is 58.9. The van der Waals surface area contributed by atoms with Crippen LogP contribution in [0.3, 0.4) is 0 Å². The predicted octanol–water partition coefficient (Wildman–Crippen LogP) is 1.15. The third kappa shape index (κ3) is 0.523. The fourth-order valence-corrected chi connectivity index (χ4v) is 3.52. The van der Waals surface area contributed by atoms with E-state index < -0.39 is 0 Å². The third-order valence-corrected chi connectivity index (χ3v) is 4.13. The molecule has 6 unspecified atom stereocenters. The fraction of sp³-hybridized carbons (Fsp3) is 0.545. The van der Waals surface area contributed by atoms with Crippen LogP contribution in [0.25, 0.3) is 0 Å². The van der Waals surface area contributed by atoms with E-state index in [2.05, 4.69) is 24.3 Å². The van der Waals surface area contributed by atoms with Crippen LogP contribution in [0.1, 0.15) is 0 Å². The van der Waals surface area contributed by atoms with E-state index in [9.17, 15) is 4.79 Å². The molecule has 3 fully saturated rings. The number of allylic oxidation sites excluding steroid dienone is 1. The van der Waals surface area contributed by atoms with Crippen molar-refractivity contribution in [3.8, 4) is 0 Å². The van der Waals surface area contributed by atoms with Crippen LogP contribution in [-0.2, 0) is 9.53 Å². The second-order valence-corrected chi connectivity index (χ2v) is 4.51. The molecule has 6 aliphatic rings. The Morgan fingerprint density at radius 2 is 1.69 bits per heavy atom. The summed E-state index contributed by atoms with van der Waals surface area (Å²) in [6, 6.07) is 0. The van der Waals surface area contributed by atoms with E-state index in [-0.39, 0.29) is 18.0 Å². The van der Waals surface area contributed by atoms with E-state index in [0.29, 0.717) is 23.7 Å². The summed E-state index contributed by atoms with van der Waals surface area (Å²) in [4.78, 5) is 11.6. The van der Waals surface area contributed by atoms with Crippen molar-refractivity contribution in [3.05, 3.63) is 24.3 Å². The van der Waals surface area contributed by atoms with Gasteiger partial charge in [-0.2, -0.15) is 0 Å². The Bertz CT molecular complexity index is 355. The lowest BCUT2D eigenvalue weighted by molar-refractivity contribution is -0.159. The van der Waals surface area contributed by atoms with Crippen molar-refractivity contribution in [2.75, 3.05) is 0 Å². The minimum Gasteiger partial charge on any atom is -0.461 e. The highest BCUT2D eigenvalue weighted by Gasteiger charge is 2.62. The zero-order chi connectivity index (χ0) is 8.58. The van der Waals surface area contributed by atoms with Gasteiger partial charge in [0.15, 0.2) is 0 Å². The summed E-state index contributed by atoms with van der Waals surface area (Å²) in [5.74, 6) is 2.22. The van der Waals surface area contributed by atoms with Crippen molar-refractivity contribution in [1.82, 2.24) is 0 Å². The first-order valence-corrected chi connectivity index (χ1v) is 4.93. The van der Waals surface area contributed by atoms with Gasteiger partial charge in [-0.1, -0.05) is 24.3 Å². The number of hydrogen-bond acceptors (Lipinski definition) is 2. The van der Waals surface area contributed by atoms with Crippen LogP contribution >= 0.6 is 0 Å². The highest BCUT2D eigenvalue weighted by atomic mass is 16.5. The van der Waals surface area contributed by atoms with E-state index in [0.717, 1.165) is 0 Å². The highest BCUT2D eigenvalue weighted by Crippen LogP contribution is 2.59. The Hall–Kier alpha value is -1.05. The molecular formula is C11H10O2. The topological polar surface area (TPSA) is 26.3 Å². The van der Waals surface area contributed by atoms with Gasteiger partial charge in [-0.15, -0.1) is 0 Å². The van der Waals surface area contributed by atoms with Crippen molar-refractivity contribution < 1.29 is 9.53 Å². The van der Waals surface area contributed by atoms with Crippen molar-refractivity contribution in [2.45, 2.75) is 6.10 Å². The molecular weight excluding hydrogens is 164 g/mol. The second kappa shape index (κ2) is 1.74. The van der Waals surface area contributed by atoms with Gasteiger partial charge in [0, 0.05) is 11.8 Å². The summed E-state index contributed by atoms with van der Waals surface area (Å²) in [5, 5.41) is 0. The van der Waals surface area contributed by atoms with Gasteiger partial charge >= 0.3 is 5.97 Å². The molecule has 0 aromatic heterocycles.